The van der Waals surface area contributed by atoms with E-state index in [-0.39, 0.29) is 0 Å². The molecular weight excluding hydrogens is 276 g/mol. The molecule has 1 aliphatic carbocycles. The van der Waals surface area contributed by atoms with Crippen LogP contribution in [0.4, 0.5) is 5.69 Å². The summed E-state index contributed by atoms with van der Waals surface area (Å²) in [5, 5.41) is 5.41. The van der Waals surface area contributed by atoms with Gasteiger partial charge in [0.15, 0.2) is 5.17 Å². The quantitative estimate of drug-likeness (QED) is 0.856. The van der Waals surface area contributed by atoms with Gasteiger partial charge in [-0.1, -0.05) is 50.6 Å². The van der Waals surface area contributed by atoms with Crippen LogP contribution in [0.2, 0.25) is 0 Å². The highest BCUT2D eigenvalue weighted by molar-refractivity contribution is 8.15. The minimum absolute atomic E-state index is 0.669. The molecule has 2 aliphatic rings. The molecule has 1 atom stereocenters. The van der Waals surface area contributed by atoms with Gasteiger partial charge in [0.25, 0.3) is 0 Å². The molecule has 0 spiro atoms. The van der Waals surface area contributed by atoms with E-state index in [0.717, 1.165) is 17.6 Å². The Morgan fingerprint density at radius 2 is 2.05 bits per heavy atom. The molecule has 1 N–H and O–H groups in total. The summed E-state index contributed by atoms with van der Waals surface area (Å²) >= 11 is 1.95. The van der Waals surface area contributed by atoms with Crippen molar-refractivity contribution in [2.45, 2.75) is 57.6 Å². The predicted octanol–water partition coefficient (Wildman–Crippen LogP) is 4.88. The number of rotatable bonds is 4. The van der Waals surface area contributed by atoms with Crippen molar-refractivity contribution < 1.29 is 0 Å². The van der Waals surface area contributed by atoms with E-state index in [2.05, 4.69) is 37.4 Å². The SMILES string of the molecule is CCC(CC)C1CN=C(Nc2cccc3c2CCCC3)S1. The summed E-state index contributed by atoms with van der Waals surface area (Å²) in [4.78, 5) is 4.75. The first-order valence-electron chi connectivity index (χ1n) is 8.40. The molecule has 3 rings (SSSR count). The number of nitrogens with zero attached hydrogens (tertiary/aromatic N) is 1. The molecule has 1 aromatic rings. The number of benzene rings is 1. The molecule has 3 heteroatoms. The number of aryl methyl sites for hydroxylation is 1. The van der Waals surface area contributed by atoms with E-state index < -0.39 is 0 Å². The number of aliphatic imine (C=N–C) groups is 1. The van der Waals surface area contributed by atoms with Crippen LogP contribution >= 0.6 is 11.8 Å². The zero-order valence-electron chi connectivity index (χ0n) is 13.2. The topological polar surface area (TPSA) is 24.4 Å². The summed E-state index contributed by atoms with van der Waals surface area (Å²) in [6, 6.07) is 6.69. The first kappa shape index (κ1) is 15.0. The lowest BCUT2D eigenvalue weighted by atomic mass is 9.90. The van der Waals surface area contributed by atoms with Gasteiger partial charge < -0.3 is 5.32 Å². The molecule has 0 saturated heterocycles. The van der Waals surface area contributed by atoms with E-state index in [1.807, 2.05) is 11.8 Å². The van der Waals surface area contributed by atoms with Gasteiger partial charge in [-0.3, -0.25) is 4.99 Å². The Balaban J connectivity index is 1.68. The Morgan fingerprint density at radius 3 is 2.86 bits per heavy atom. The van der Waals surface area contributed by atoms with Gasteiger partial charge in [-0.05, 0) is 48.8 Å². The standard InChI is InChI=1S/C18H26N2S/c1-3-13(4-2)17-12-19-18(21-17)20-16-11-7-9-14-8-5-6-10-15(14)16/h7,9,11,13,17H,3-6,8,10,12H2,1-2H3,(H,19,20). The highest BCUT2D eigenvalue weighted by Gasteiger charge is 2.26. The number of hydrogen-bond acceptors (Lipinski definition) is 3. The molecule has 0 saturated carbocycles. The maximum atomic E-state index is 4.75. The number of hydrogen-bond donors (Lipinski definition) is 1. The van der Waals surface area contributed by atoms with Gasteiger partial charge in [-0.15, -0.1) is 0 Å². The third kappa shape index (κ3) is 3.28. The summed E-state index contributed by atoms with van der Waals surface area (Å²) < 4.78 is 0. The van der Waals surface area contributed by atoms with Crippen molar-refractivity contribution in [3.63, 3.8) is 0 Å². The molecule has 0 bridgehead atoms. The van der Waals surface area contributed by atoms with Gasteiger partial charge in [0.05, 0.1) is 6.54 Å². The van der Waals surface area contributed by atoms with Gasteiger partial charge in [-0.25, -0.2) is 0 Å². The van der Waals surface area contributed by atoms with Crippen LogP contribution in [0.25, 0.3) is 0 Å². The Bertz CT molecular complexity index is 520. The lowest BCUT2D eigenvalue weighted by molar-refractivity contribution is 0.479. The highest BCUT2D eigenvalue weighted by Crippen LogP contribution is 2.33. The number of nitrogens with one attached hydrogen (secondary N) is 1. The molecule has 1 aliphatic heterocycles. The largest absolute Gasteiger partial charge is 0.335 e. The van der Waals surface area contributed by atoms with Gasteiger partial charge in [0.2, 0.25) is 0 Å². The van der Waals surface area contributed by atoms with Crippen molar-refractivity contribution in [2.24, 2.45) is 10.9 Å². The Hall–Kier alpha value is -0.960. The van der Waals surface area contributed by atoms with Crippen LogP contribution < -0.4 is 5.32 Å². The van der Waals surface area contributed by atoms with E-state index in [1.54, 1.807) is 0 Å². The molecule has 0 radical (unpaired) electrons. The van der Waals surface area contributed by atoms with Crippen LogP contribution in [-0.4, -0.2) is 17.0 Å². The lowest BCUT2D eigenvalue weighted by Crippen LogP contribution is -2.18. The summed E-state index contributed by atoms with van der Waals surface area (Å²) in [7, 11) is 0. The van der Waals surface area contributed by atoms with E-state index in [1.165, 1.54) is 55.3 Å². The predicted molar refractivity (Wildman–Crippen MR) is 94.5 cm³/mol. The average molecular weight is 302 g/mol. The zero-order valence-corrected chi connectivity index (χ0v) is 14.0. The fourth-order valence-corrected chi connectivity index (χ4v) is 4.86. The van der Waals surface area contributed by atoms with Crippen LogP contribution in [-0.2, 0) is 12.8 Å². The average Bonchev–Trinajstić information content (AvgIpc) is 2.97. The van der Waals surface area contributed by atoms with Gasteiger partial charge in [-0.2, -0.15) is 0 Å². The molecule has 2 nitrogen and oxygen atoms in total. The third-order valence-corrected chi connectivity index (χ3v) is 6.18. The second-order valence-corrected chi connectivity index (χ2v) is 7.38. The Kier molecular flexibility index (Phi) is 4.89. The molecule has 0 aromatic heterocycles. The van der Waals surface area contributed by atoms with E-state index in [0.29, 0.717) is 5.25 Å². The van der Waals surface area contributed by atoms with Gasteiger partial charge in [0.1, 0.15) is 0 Å². The summed E-state index contributed by atoms with van der Waals surface area (Å²) in [5.41, 5.74) is 4.35. The molecular formula is C18H26N2S. The van der Waals surface area contributed by atoms with Gasteiger partial charge >= 0.3 is 0 Å². The molecule has 21 heavy (non-hydrogen) atoms. The summed E-state index contributed by atoms with van der Waals surface area (Å²) in [6.07, 6.45) is 7.63. The van der Waals surface area contributed by atoms with Crippen molar-refractivity contribution in [1.29, 1.82) is 0 Å². The van der Waals surface area contributed by atoms with Crippen LogP contribution in [0.1, 0.15) is 50.7 Å². The van der Waals surface area contributed by atoms with Crippen LogP contribution in [0.15, 0.2) is 23.2 Å². The van der Waals surface area contributed by atoms with E-state index in [4.69, 9.17) is 4.99 Å². The second-order valence-electron chi connectivity index (χ2n) is 6.15. The van der Waals surface area contributed by atoms with Crippen molar-refractivity contribution >= 4 is 22.6 Å². The molecule has 1 aromatic carbocycles. The lowest BCUT2D eigenvalue weighted by Gasteiger charge is -2.21. The maximum absolute atomic E-state index is 4.75. The minimum Gasteiger partial charge on any atom is -0.335 e. The smallest absolute Gasteiger partial charge is 0.161 e. The molecule has 0 amide bonds. The molecule has 1 heterocycles. The molecule has 114 valence electrons. The number of anilines is 1. The summed E-state index contributed by atoms with van der Waals surface area (Å²) in [5.74, 6) is 0.794. The highest BCUT2D eigenvalue weighted by atomic mass is 32.2. The van der Waals surface area contributed by atoms with Crippen molar-refractivity contribution in [2.75, 3.05) is 11.9 Å². The van der Waals surface area contributed by atoms with Crippen LogP contribution in [0.3, 0.4) is 0 Å². The number of fused-ring (bicyclic) bond motifs is 1. The Morgan fingerprint density at radius 1 is 1.24 bits per heavy atom. The molecule has 1 unspecified atom stereocenters. The normalized spacial score (nSPS) is 21.3. The van der Waals surface area contributed by atoms with Crippen molar-refractivity contribution in [3.8, 4) is 0 Å². The van der Waals surface area contributed by atoms with E-state index >= 15 is 0 Å². The van der Waals surface area contributed by atoms with Gasteiger partial charge in [0, 0.05) is 10.9 Å². The van der Waals surface area contributed by atoms with Crippen molar-refractivity contribution in [1.82, 2.24) is 0 Å². The fraction of sp³-hybridized carbons (Fsp3) is 0.611. The maximum Gasteiger partial charge on any atom is 0.161 e. The number of thioether (sulfide) groups is 1. The van der Waals surface area contributed by atoms with Crippen molar-refractivity contribution in [3.05, 3.63) is 29.3 Å². The summed E-state index contributed by atoms with van der Waals surface area (Å²) in [6.45, 7) is 5.58. The van der Waals surface area contributed by atoms with Crippen LogP contribution in [0.5, 0.6) is 0 Å². The molecule has 0 fully saturated rings. The minimum atomic E-state index is 0.669. The third-order valence-electron chi connectivity index (χ3n) is 4.89. The fourth-order valence-electron chi connectivity index (χ4n) is 3.53. The van der Waals surface area contributed by atoms with E-state index in [9.17, 15) is 0 Å². The first-order valence-corrected chi connectivity index (χ1v) is 9.28. The Labute approximate surface area is 132 Å². The monoisotopic (exact) mass is 302 g/mol. The first-order chi connectivity index (χ1) is 10.3. The van der Waals surface area contributed by atoms with Crippen LogP contribution in [0, 0.1) is 5.92 Å². The zero-order chi connectivity index (χ0) is 14.7. The second kappa shape index (κ2) is 6.87. The number of amidine groups is 1.